The van der Waals surface area contributed by atoms with E-state index in [1.165, 1.54) is 0 Å². The molecule has 0 amide bonds. The molecule has 0 atom stereocenters. The number of hydrogen-bond acceptors (Lipinski definition) is 3. The van der Waals surface area contributed by atoms with Crippen molar-refractivity contribution in [2.24, 2.45) is 5.92 Å². The molecule has 0 aliphatic heterocycles. The van der Waals surface area contributed by atoms with Crippen LogP contribution in [0.5, 0.6) is 0 Å². The molecule has 0 bridgehead atoms. The highest BCUT2D eigenvalue weighted by Gasteiger charge is 2.19. The molecule has 1 N–H and O–H groups in total. The minimum absolute atomic E-state index is 0.280. The highest BCUT2D eigenvalue weighted by Crippen LogP contribution is 2.21. The fourth-order valence-corrected chi connectivity index (χ4v) is 2.49. The Kier molecular flexibility index (Phi) is 5.99. The molecule has 1 heterocycles. The SMILES string of the molecule is CCC(CC)N(CC(C)C)c1ccc(C(=O)O)c(C)n1. The van der Waals surface area contributed by atoms with Gasteiger partial charge in [-0.05, 0) is 37.8 Å². The molecule has 0 saturated carbocycles. The summed E-state index contributed by atoms with van der Waals surface area (Å²) in [5.74, 6) is 0.506. The summed E-state index contributed by atoms with van der Waals surface area (Å²) in [4.78, 5) is 17.9. The monoisotopic (exact) mass is 278 g/mol. The van der Waals surface area contributed by atoms with Crippen LogP contribution in [0.15, 0.2) is 12.1 Å². The van der Waals surface area contributed by atoms with Gasteiger partial charge in [0.15, 0.2) is 0 Å². The van der Waals surface area contributed by atoms with E-state index in [1.807, 2.05) is 6.07 Å². The number of anilines is 1. The molecule has 112 valence electrons. The molecular weight excluding hydrogens is 252 g/mol. The molecule has 20 heavy (non-hydrogen) atoms. The van der Waals surface area contributed by atoms with Crippen molar-refractivity contribution in [2.75, 3.05) is 11.4 Å². The van der Waals surface area contributed by atoms with Gasteiger partial charge in [-0.3, -0.25) is 0 Å². The lowest BCUT2D eigenvalue weighted by Gasteiger charge is -2.33. The Morgan fingerprint density at radius 3 is 2.30 bits per heavy atom. The predicted octanol–water partition coefficient (Wildman–Crippen LogP) is 3.74. The first-order chi connectivity index (χ1) is 9.40. The Morgan fingerprint density at radius 1 is 1.30 bits per heavy atom. The summed E-state index contributed by atoms with van der Waals surface area (Å²) in [6.07, 6.45) is 2.12. The molecule has 4 nitrogen and oxygen atoms in total. The molecule has 1 rings (SSSR count). The lowest BCUT2D eigenvalue weighted by Crippen LogP contribution is -2.38. The average Bonchev–Trinajstić information content (AvgIpc) is 2.37. The van der Waals surface area contributed by atoms with Gasteiger partial charge >= 0.3 is 5.97 Å². The number of carbonyl (C=O) groups is 1. The number of hydrogen-bond donors (Lipinski definition) is 1. The van der Waals surface area contributed by atoms with Gasteiger partial charge < -0.3 is 10.0 Å². The van der Waals surface area contributed by atoms with Crippen molar-refractivity contribution in [3.63, 3.8) is 0 Å². The van der Waals surface area contributed by atoms with Crippen molar-refractivity contribution in [2.45, 2.75) is 53.5 Å². The molecule has 0 fully saturated rings. The van der Waals surface area contributed by atoms with Crippen LogP contribution in [-0.2, 0) is 0 Å². The number of carboxylic acid groups (broad SMARTS) is 1. The van der Waals surface area contributed by atoms with Crippen LogP contribution in [0.4, 0.5) is 5.82 Å². The summed E-state index contributed by atoms with van der Waals surface area (Å²) >= 11 is 0. The van der Waals surface area contributed by atoms with Crippen molar-refractivity contribution in [1.29, 1.82) is 0 Å². The van der Waals surface area contributed by atoms with E-state index in [0.717, 1.165) is 25.2 Å². The summed E-state index contributed by atoms with van der Waals surface area (Å²) in [5.41, 5.74) is 0.859. The minimum Gasteiger partial charge on any atom is -0.478 e. The van der Waals surface area contributed by atoms with Gasteiger partial charge in [0, 0.05) is 12.6 Å². The van der Waals surface area contributed by atoms with E-state index < -0.39 is 5.97 Å². The molecule has 0 saturated heterocycles. The minimum atomic E-state index is -0.917. The van der Waals surface area contributed by atoms with Crippen molar-refractivity contribution >= 4 is 11.8 Å². The van der Waals surface area contributed by atoms with Gasteiger partial charge in [-0.1, -0.05) is 27.7 Å². The van der Waals surface area contributed by atoms with Crippen molar-refractivity contribution < 1.29 is 9.90 Å². The third-order valence-electron chi connectivity index (χ3n) is 3.54. The van der Waals surface area contributed by atoms with Gasteiger partial charge in [0.2, 0.25) is 0 Å². The lowest BCUT2D eigenvalue weighted by molar-refractivity contribution is 0.0695. The van der Waals surface area contributed by atoms with Crippen LogP contribution >= 0.6 is 0 Å². The molecular formula is C16H26N2O2. The highest BCUT2D eigenvalue weighted by atomic mass is 16.4. The topological polar surface area (TPSA) is 53.4 Å². The number of nitrogens with zero attached hydrogens (tertiary/aromatic N) is 2. The van der Waals surface area contributed by atoms with Gasteiger partial charge in [-0.2, -0.15) is 0 Å². The Labute approximate surface area is 121 Å². The molecule has 0 spiro atoms. The largest absolute Gasteiger partial charge is 0.478 e. The number of aromatic carboxylic acids is 1. The molecule has 0 unspecified atom stereocenters. The summed E-state index contributed by atoms with van der Waals surface area (Å²) in [5, 5.41) is 9.09. The van der Waals surface area contributed by atoms with Gasteiger partial charge in [-0.15, -0.1) is 0 Å². The van der Waals surface area contributed by atoms with E-state index in [4.69, 9.17) is 5.11 Å². The number of carboxylic acids is 1. The lowest BCUT2D eigenvalue weighted by atomic mass is 10.1. The van der Waals surface area contributed by atoms with Crippen LogP contribution in [0.25, 0.3) is 0 Å². The first kappa shape index (κ1) is 16.5. The fourth-order valence-electron chi connectivity index (χ4n) is 2.49. The first-order valence-corrected chi connectivity index (χ1v) is 7.38. The molecule has 4 heteroatoms. The van der Waals surface area contributed by atoms with Crippen molar-refractivity contribution in [1.82, 2.24) is 4.98 Å². The van der Waals surface area contributed by atoms with Crippen LogP contribution in [0, 0.1) is 12.8 Å². The van der Waals surface area contributed by atoms with E-state index in [2.05, 4.69) is 37.6 Å². The molecule has 1 aromatic rings. The number of rotatable bonds is 7. The summed E-state index contributed by atoms with van der Waals surface area (Å²) in [6.45, 7) is 11.4. The Morgan fingerprint density at radius 2 is 1.90 bits per heavy atom. The zero-order chi connectivity index (χ0) is 15.3. The second-order valence-electron chi connectivity index (χ2n) is 5.62. The Hall–Kier alpha value is -1.58. The van der Waals surface area contributed by atoms with E-state index >= 15 is 0 Å². The van der Waals surface area contributed by atoms with E-state index in [0.29, 0.717) is 17.7 Å². The predicted molar refractivity (Wildman–Crippen MR) is 82.5 cm³/mol. The van der Waals surface area contributed by atoms with Gasteiger partial charge in [-0.25, -0.2) is 9.78 Å². The van der Waals surface area contributed by atoms with Gasteiger partial charge in [0.25, 0.3) is 0 Å². The van der Waals surface area contributed by atoms with Gasteiger partial charge in [0.05, 0.1) is 11.3 Å². The van der Waals surface area contributed by atoms with Crippen LogP contribution in [0.1, 0.15) is 56.6 Å². The maximum atomic E-state index is 11.1. The smallest absolute Gasteiger partial charge is 0.337 e. The van der Waals surface area contributed by atoms with Crippen molar-refractivity contribution in [3.8, 4) is 0 Å². The second kappa shape index (κ2) is 7.27. The van der Waals surface area contributed by atoms with Crippen molar-refractivity contribution in [3.05, 3.63) is 23.4 Å². The third kappa shape index (κ3) is 3.95. The quantitative estimate of drug-likeness (QED) is 0.825. The fraction of sp³-hybridized carbons (Fsp3) is 0.625. The van der Waals surface area contributed by atoms with Gasteiger partial charge in [0.1, 0.15) is 5.82 Å². The molecule has 0 aliphatic carbocycles. The maximum absolute atomic E-state index is 11.1. The number of aromatic nitrogens is 1. The first-order valence-electron chi connectivity index (χ1n) is 7.38. The molecule has 1 aromatic heterocycles. The highest BCUT2D eigenvalue weighted by molar-refractivity contribution is 5.89. The van der Waals surface area contributed by atoms with Crippen LogP contribution in [0.3, 0.4) is 0 Å². The molecule has 0 radical (unpaired) electrons. The van der Waals surface area contributed by atoms with E-state index in [1.54, 1.807) is 13.0 Å². The summed E-state index contributed by atoms with van der Waals surface area (Å²) in [6, 6.07) is 3.94. The van der Waals surface area contributed by atoms with Crippen LogP contribution < -0.4 is 4.90 Å². The zero-order valence-electron chi connectivity index (χ0n) is 13.2. The summed E-state index contributed by atoms with van der Waals surface area (Å²) < 4.78 is 0. The zero-order valence-corrected chi connectivity index (χ0v) is 13.2. The van der Waals surface area contributed by atoms with E-state index in [-0.39, 0.29) is 5.56 Å². The van der Waals surface area contributed by atoms with E-state index in [9.17, 15) is 4.79 Å². The third-order valence-corrected chi connectivity index (χ3v) is 3.54. The second-order valence-corrected chi connectivity index (χ2v) is 5.62. The Bertz CT molecular complexity index is 454. The molecule has 0 aliphatic rings. The Balaban J connectivity index is 3.13. The number of aryl methyl sites for hydroxylation is 1. The van der Waals surface area contributed by atoms with Crippen LogP contribution in [-0.4, -0.2) is 28.6 Å². The summed E-state index contributed by atoms with van der Waals surface area (Å²) in [7, 11) is 0. The molecule has 0 aromatic carbocycles. The normalized spacial score (nSPS) is 11.2. The van der Waals surface area contributed by atoms with Crippen LogP contribution in [0.2, 0.25) is 0 Å². The average molecular weight is 278 g/mol. The standard InChI is InChI=1S/C16H26N2O2/c1-6-13(7-2)18(10-11(3)4)15-9-8-14(16(19)20)12(5)17-15/h8-9,11,13H,6-7,10H2,1-5H3,(H,19,20). The maximum Gasteiger partial charge on any atom is 0.337 e. The number of pyridine rings is 1.